The maximum atomic E-state index is 13.3. The van der Waals surface area contributed by atoms with Gasteiger partial charge >= 0.3 is 0 Å². The van der Waals surface area contributed by atoms with Gasteiger partial charge in [-0.15, -0.1) is 0 Å². The molecule has 5 atom stereocenters. The van der Waals surface area contributed by atoms with Crippen LogP contribution in [0.2, 0.25) is 20.1 Å². The van der Waals surface area contributed by atoms with Gasteiger partial charge in [-0.25, -0.2) is 4.39 Å². The summed E-state index contributed by atoms with van der Waals surface area (Å²) in [6.45, 7) is 9.80. The highest BCUT2D eigenvalue weighted by Gasteiger charge is 2.20. The Kier molecular flexibility index (Phi) is 25.1. The van der Waals surface area contributed by atoms with E-state index in [1.807, 2.05) is 278 Å². The van der Waals surface area contributed by atoms with Crippen molar-refractivity contribution in [3.8, 4) is 0 Å². The predicted molar refractivity (Wildman–Crippen MR) is 428 cm³/mol. The van der Waals surface area contributed by atoms with E-state index >= 15 is 0 Å². The molecule has 0 aliphatic heterocycles. The van der Waals surface area contributed by atoms with E-state index in [1.54, 1.807) is 28.8 Å². The van der Waals surface area contributed by atoms with E-state index in [9.17, 15) is 28.4 Å². The highest BCUT2D eigenvalue weighted by molar-refractivity contribution is 6.32. The molecule has 0 saturated heterocycles. The molecule has 0 aliphatic rings. The first-order chi connectivity index (χ1) is 51.1. The van der Waals surface area contributed by atoms with Gasteiger partial charge in [0.1, 0.15) is 34.3 Å². The van der Waals surface area contributed by atoms with Crippen LogP contribution in [0.5, 0.6) is 0 Å². The van der Waals surface area contributed by atoms with Gasteiger partial charge in [0.15, 0.2) is 0 Å². The van der Waals surface area contributed by atoms with E-state index in [-0.39, 0.29) is 65.6 Å². The maximum absolute atomic E-state index is 13.3. The third kappa shape index (κ3) is 19.8. The second kappa shape index (κ2) is 35.2. The number of amides is 5. The number of H-pyrrole nitrogens is 4. The number of nitrogens with zero attached hydrogens (tertiary/aromatic N) is 1. The van der Waals surface area contributed by atoms with Crippen molar-refractivity contribution in [2.45, 2.75) is 64.8 Å². The van der Waals surface area contributed by atoms with Crippen molar-refractivity contribution in [2.24, 2.45) is 7.05 Å². The van der Waals surface area contributed by atoms with Crippen LogP contribution in [-0.4, -0.2) is 54.0 Å². The van der Waals surface area contributed by atoms with Crippen LogP contribution in [0.3, 0.4) is 0 Å². The smallest absolute Gasteiger partial charge is 0.268 e. The number of aryl methyl sites for hydroxylation is 1. The van der Waals surface area contributed by atoms with Gasteiger partial charge in [0.2, 0.25) is 0 Å². The molecular weight excluding hydrogens is 1410 g/mol. The summed E-state index contributed by atoms with van der Waals surface area (Å²) in [6, 6.07) is 84.6. The summed E-state index contributed by atoms with van der Waals surface area (Å²) in [7, 11) is 1.81. The van der Waals surface area contributed by atoms with Crippen LogP contribution in [0.15, 0.2) is 273 Å². The zero-order valence-corrected chi connectivity index (χ0v) is 61.8. The molecule has 5 heterocycles. The number of benzene rings is 10. The number of carbonyl (C=O) groups excluding carboxylic acids is 5. The number of nitrogens with one attached hydrogen (secondary N) is 9. The molecule has 10 aromatic carbocycles. The zero-order chi connectivity index (χ0) is 75.0. The zero-order valence-electron chi connectivity index (χ0n) is 58.7. The van der Waals surface area contributed by atoms with E-state index in [1.165, 1.54) is 12.1 Å². The summed E-state index contributed by atoms with van der Waals surface area (Å²) in [5.41, 5.74) is 12.4. The van der Waals surface area contributed by atoms with Crippen molar-refractivity contribution in [1.82, 2.24) is 51.1 Å². The van der Waals surface area contributed by atoms with Gasteiger partial charge in [-0.1, -0.05) is 210 Å². The van der Waals surface area contributed by atoms with Gasteiger partial charge in [-0.05, 0) is 172 Å². The molecule has 0 bridgehead atoms. The lowest BCUT2D eigenvalue weighted by Gasteiger charge is -2.14. The standard InChI is InChI=1S/C18H17FN2O.4C17H15ClN2O/c1-12(13-6-4-3-5-7-13)20-18(22)17-11-14-10-15(19)8-9-16(14)21(17)2;2*1-11(12-5-3-2-4-6-12)19-17(21)16-10-13-9-14(18)7-8-15(13)20-16;2*1-11(12-5-3-2-4-6-12)19-17(21)16-9-13-7-8-14(18)10-15(13)20-16/h3-12H,1-2H3,(H,20,22);4*2-11,20H,1H3,(H,19,21)/t12-;4*11-/m11010/s1. The number of carbonyl (C=O) groups is 5. The number of hydrogen-bond acceptors (Lipinski definition) is 5. The van der Waals surface area contributed by atoms with Gasteiger partial charge in [-0.2, -0.15) is 0 Å². The molecule has 20 heteroatoms. The van der Waals surface area contributed by atoms with Gasteiger partial charge in [0.25, 0.3) is 29.5 Å². The van der Waals surface area contributed by atoms with Crippen molar-refractivity contribution >= 4 is 130 Å². The fourth-order valence-corrected chi connectivity index (χ4v) is 12.6. The molecule has 0 saturated carbocycles. The Morgan fingerprint density at radius 2 is 0.585 bits per heavy atom. The molecule has 15 rings (SSSR count). The molecule has 106 heavy (non-hydrogen) atoms. The van der Waals surface area contributed by atoms with E-state index < -0.39 is 0 Å². The maximum Gasteiger partial charge on any atom is 0.268 e. The van der Waals surface area contributed by atoms with Crippen molar-refractivity contribution in [3.63, 3.8) is 0 Å². The minimum Gasteiger partial charge on any atom is -0.351 e. The Morgan fingerprint density at radius 3 is 0.915 bits per heavy atom. The van der Waals surface area contributed by atoms with Gasteiger partial charge < -0.3 is 51.1 Å². The largest absolute Gasteiger partial charge is 0.351 e. The first kappa shape index (κ1) is 75.5. The van der Waals surface area contributed by atoms with Crippen LogP contribution in [0.1, 0.15) is 145 Å². The van der Waals surface area contributed by atoms with Crippen molar-refractivity contribution in [3.05, 3.63) is 355 Å². The quantitative estimate of drug-likeness (QED) is 0.0489. The summed E-state index contributed by atoms with van der Waals surface area (Å²) in [5, 5.41) is 22.0. The molecule has 0 spiro atoms. The molecule has 15 nitrogen and oxygen atoms in total. The normalized spacial score (nSPS) is 12.3. The van der Waals surface area contributed by atoms with Crippen molar-refractivity contribution < 1.29 is 28.4 Å². The molecule has 15 aromatic rings. The molecule has 5 aromatic heterocycles. The Hall–Kier alpha value is -11.7. The summed E-state index contributed by atoms with van der Waals surface area (Å²) < 4.78 is 15.1. The molecule has 0 radical (unpaired) electrons. The van der Waals surface area contributed by atoms with Gasteiger partial charge in [0.05, 0.1) is 30.2 Å². The first-order valence-corrected chi connectivity index (χ1v) is 35.8. The molecule has 9 N–H and O–H groups in total. The minimum atomic E-state index is -0.303. The van der Waals surface area contributed by atoms with Crippen molar-refractivity contribution in [2.75, 3.05) is 0 Å². The number of aromatic amines is 4. The Labute approximate surface area is 632 Å². The lowest BCUT2D eigenvalue weighted by atomic mass is 10.1. The molecule has 0 fully saturated rings. The summed E-state index contributed by atoms with van der Waals surface area (Å²) in [5.74, 6) is -0.979. The number of aromatic nitrogens is 5. The van der Waals surface area contributed by atoms with Crippen LogP contribution in [-0.2, 0) is 7.05 Å². The lowest BCUT2D eigenvalue weighted by molar-refractivity contribution is 0.0924. The minimum absolute atomic E-state index is 0.0475. The molecule has 0 aliphatic carbocycles. The number of rotatable bonds is 15. The predicted octanol–water partition coefficient (Wildman–Crippen LogP) is 21.1. The summed E-state index contributed by atoms with van der Waals surface area (Å²) in [6.07, 6.45) is 0. The molecular formula is C86H77Cl4FN10O5. The second-order valence-electron chi connectivity index (χ2n) is 25.5. The average molecular weight is 1490 g/mol. The number of hydrogen-bond donors (Lipinski definition) is 9. The van der Waals surface area contributed by atoms with E-state index in [4.69, 9.17) is 46.4 Å². The van der Waals surface area contributed by atoms with Crippen LogP contribution in [0.4, 0.5) is 4.39 Å². The highest BCUT2D eigenvalue weighted by Crippen LogP contribution is 2.27. The third-order valence-corrected chi connectivity index (χ3v) is 18.7. The number of fused-ring (bicyclic) bond motifs is 5. The van der Waals surface area contributed by atoms with Crippen LogP contribution in [0, 0.1) is 5.82 Å². The third-order valence-electron chi connectivity index (χ3n) is 17.8. The fraction of sp³-hybridized carbons (Fsp3) is 0.128. The van der Waals surface area contributed by atoms with E-state index in [0.717, 1.165) is 82.3 Å². The molecule has 5 amide bonds. The Bertz CT molecular complexity index is 4990. The first-order valence-electron chi connectivity index (χ1n) is 34.3. The highest BCUT2D eigenvalue weighted by atomic mass is 35.5. The monoisotopic (exact) mass is 1490 g/mol. The average Bonchev–Trinajstić information content (AvgIpc) is 1.65. The number of halogens is 5. The van der Waals surface area contributed by atoms with Crippen LogP contribution >= 0.6 is 46.4 Å². The summed E-state index contributed by atoms with van der Waals surface area (Å²) >= 11 is 23.8. The lowest BCUT2D eigenvalue weighted by Crippen LogP contribution is -2.28. The van der Waals surface area contributed by atoms with E-state index in [0.29, 0.717) is 48.6 Å². The van der Waals surface area contributed by atoms with Crippen molar-refractivity contribution in [1.29, 1.82) is 0 Å². The second-order valence-corrected chi connectivity index (χ2v) is 27.2. The Balaban J connectivity index is 0.000000132. The fourth-order valence-electron chi connectivity index (χ4n) is 11.9. The van der Waals surface area contributed by atoms with Crippen LogP contribution < -0.4 is 26.6 Å². The van der Waals surface area contributed by atoms with Gasteiger partial charge in [0, 0.05) is 81.7 Å². The molecule has 536 valence electrons. The van der Waals surface area contributed by atoms with Crippen LogP contribution in [0.25, 0.3) is 54.5 Å². The van der Waals surface area contributed by atoms with Gasteiger partial charge in [-0.3, -0.25) is 24.0 Å². The SMILES string of the molecule is C[C@@H](NC(=O)c1cc2cc(Cl)ccc2[nH]1)c1ccccc1.C[C@@H](NC(=O)c1cc2cc(F)ccc2n1C)c1ccccc1.C[C@@H](NC(=O)c1cc2ccc(Cl)cc2[nH]1)c1ccccc1.C[C@H](NC(=O)c1cc2cc(Cl)ccc2[nH]1)c1ccccc1.C[C@H](NC(=O)c1cc2ccc(Cl)cc2[nH]1)c1ccccc1. The molecule has 0 unspecified atom stereocenters. The van der Waals surface area contributed by atoms with E-state index in [2.05, 4.69) is 46.5 Å². The summed E-state index contributed by atoms with van der Waals surface area (Å²) in [4.78, 5) is 74.1. The Morgan fingerprint density at radius 1 is 0.302 bits per heavy atom. The topological polar surface area (TPSA) is 214 Å².